The monoisotopic (exact) mass is 489 g/mol. The highest BCUT2D eigenvalue weighted by molar-refractivity contribution is 5.60. The van der Waals surface area contributed by atoms with E-state index in [0.717, 1.165) is 23.4 Å². The Kier molecular flexibility index (Phi) is 7.60. The zero-order valence-corrected chi connectivity index (χ0v) is 21.1. The van der Waals surface area contributed by atoms with Crippen LogP contribution in [0.25, 0.3) is 11.3 Å². The van der Waals surface area contributed by atoms with Crippen molar-refractivity contribution in [3.05, 3.63) is 119 Å². The van der Waals surface area contributed by atoms with E-state index in [2.05, 4.69) is 63.3 Å². The number of hydrogen-bond donors (Lipinski definition) is 1. The van der Waals surface area contributed by atoms with Gasteiger partial charge in [0.1, 0.15) is 11.4 Å². The van der Waals surface area contributed by atoms with Gasteiger partial charge in [0.2, 0.25) is 0 Å². The number of quaternary nitrogens is 1. The fourth-order valence-electron chi connectivity index (χ4n) is 4.60. The maximum Gasteiger partial charge on any atom is 0.416 e. The minimum absolute atomic E-state index is 0.113. The summed E-state index contributed by atoms with van der Waals surface area (Å²) in [7, 11) is 0. The summed E-state index contributed by atoms with van der Waals surface area (Å²) in [6, 6.07) is 27.6. The molecule has 0 aliphatic rings. The maximum atomic E-state index is 13.0. The summed E-state index contributed by atoms with van der Waals surface area (Å²) in [6.07, 6.45) is -4.36. The Bertz CT molecular complexity index is 1270. The van der Waals surface area contributed by atoms with Crippen LogP contribution in [0.15, 0.2) is 91.0 Å². The van der Waals surface area contributed by atoms with Crippen LogP contribution >= 0.6 is 0 Å². The fourth-order valence-corrected chi connectivity index (χ4v) is 4.60. The van der Waals surface area contributed by atoms with Gasteiger partial charge in [-0.05, 0) is 36.1 Å². The van der Waals surface area contributed by atoms with Crippen LogP contribution in [0.3, 0.4) is 0 Å². The highest BCUT2D eigenvalue weighted by atomic mass is 19.4. The van der Waals surface area contributed by atoms with Gasteiger partial charge in [0, 0.05) is 22.3 Å². The number of nitrogens with two attached hydrogens (primary N) is 1. The number of hydrogen-bond acceptors (Lipinski definition) is 1. The molecule has 0 spiro atoms. The van der Waals surface area contributed by atoms with E-state index in [-0.39, 0.29) is 6.04 Å². The molecule has 2 N–H and O–H groups in total. The van der Waals surface area contributed by atoms with Gasteiger partial charge in [-0.1, -0.05) is 94.4 Å². The number of pyridine rings is 1. The van der Waals surface area contributed by atoms with Crippen LogP contribution in [0.5, 0.6) is 0 Å². The Balaban J connectivity index is 1.79. The molecule has 0 aliphatic carbocycles. The van der Waals surface area contributed by atoms with E-state index in [1.807, 2.05) is 36.4 Å². The van der Waals surface area contributed by atoms with Crippen LogP contribution in [0.1, 0.15) is 73.5 Å². The van der Waals surface area contributed by atoms with Crippen LogP contribution in [-0.4, -0.2) is 4.98 Å². The first-order chi connectivity index (χ1) is 17.1. The minimum Gasteiger partial charge on any atom is -0.302 e. The Labute approximate surface area is 211 Å². The predicted octanol–water partition coefficient (Wildman–Crippen LogP) is 8.00. The molecule has 2 nitrogen and oxygen atoms in total. The molecule has 0 aliphatic heterocycles. The second-order valence-corrected chi connectivity index (χ2v) is 9.74. The third-order valence-corrected chi connectivity index (χ3v) is 6.51. The standard InChI is InChI=1S/C31H31F3N2/c1-20(2)25-12-8-13-26(21(3)4)30(25)36-29(23-10-6-5-7-11-23)28-15-9-14-27(35-28)22-16-18-24(19-17-22)31(32,33)34/h5-21,29,36H,1-4H3/p+1. The summed E-state index contributed by atoms with van der Waals surface area (Å²) >= 11 is 0. The summed E-state index contributed by atoms with van der Waals surface area (Å²) in [4.78, 5) is 4.94. The van der Waals surface area contributed by atoms with E-state index in [0.29, 0.717) is 23.1 Å². The van der Waals surface area contributed by atoms with Crippen molar-refractivity contribution in [3.8, 4) is 11.3 Å². The molecule has 5 heteroatoms. The van der Waals surface area contributed by atoms with Crippen molar-refractivity contribution in [2.75, 3.05) is 0 Å². The summed E-state index contributed by atoms with van der Waals surface area (Å²) in [5.74, 6) is 0.718. The smallest absolute Gasteiger partial charge is 0.302 e. The van der Waals surface area contributed by atoms with Gasteiger partial charge in [-0.2, -0.15) is 13.2 Å². The van der Waals surface area contributed by atoms with Gasteiger partial charge in [-0.15, -0.1) is 0 Å². The first kappa shape index (κ1) is 25.6. The molecular weight excluding hydrogens is 457 g/mol. The third kappa shape index (κ3) is 5.68. The molecule has 4 rings (SSSR count). The molecule has 3 aromatic carbocycles. The van der Waals surface area contributed by atoms with Crippen LogP contribution in [0.4, 0.5) is 18.9 Å². The second-order valence-electron chi connectivity index (χ2n) is 9.74. The molecule has 0 amide bonds. The van der Waals surface area contributed by atoms with E-state index >= 15 is 0 Å². The maximum absolute atomic E-state index is 13.0. The minimum atomic E-state index is -4.36. The molecule has 0 radical (unpaired) electrons. The normalized spacial score (nSPS) is 12.8. The topological polar surface area (TPSA) is 29.5 Å². The van der Waals surface area contributed by atoms with Crippen LogP contribution in [-0.2, 0) is 6.18 Å². The first-order valence-corrected chi connectivity index (χ1v) is 12.3. The van der Waals surface area contributed by atoms with Gasteiger partial charge in [0.15, 0.2) is 6.04 Å². The lowest BCUT2D eigenvalue weighted by Gasteiger charge is -2.22. The molecule has 4 aromatic rings. The Hall–Kier alpha value is -3.44. The van der Waals surface area contributed by atoms with Gasteiger partial charge in [0.25, 0.3) is 0 Å². The number of halogens is 3. The van der Waals surface area contributed by atoms with Gasteiger partial charge in [-0.25, -0.2) is 4.98 Å². The molecule has 1 atom stereocenters. The summed E-state index contributed by atoms with van der Waals surface area (Å²) < 4.78 is 39.1. The zero-order valence-electron chi connectivity index (χ0n) is 21.1. The Morgan fingerprint density at radius 1 is 0.667 bits per heavy atom. The van der Waals surface area contributed by atoms with E-state index in [4.69, 9.17) is 4.98 Å². The summed E-state index contributed by atoms with van der Waals surface area (Å²) in [5, 5.41) is 2.30. The van der Waals surface area contributed by atoms with E-state index in [1.54, 1.807) is 0 Å². The quantitative estimate of drug-likeness (QED) is 0.262. The molecule has 0 fully saturated rings. The highest BCUT2D eigenvalue weighted by Gasteiger charge is 2.30. The molecule has 1 unspecified atom stereocenters. The SMILES string of the molecule is CC(C)c1cccc(C(C)C)c1[NH2+]C(c1ccccc1)c1cccc(-c2ccc(C(F)(F)F)cc2)n1. The van der Waals surface area contributed by atoms with E-state index < -0.39 is 11.7 Å². The highest BCUT2D eigenvalue weighted by Crippen LogP contribution is 2.32. The van der Waals surface area contributed by atoms with E-state index in [1.165, 1.54) is 28.9 Å². The van der Waals surface area contributed by atoms with Gasteiger partial charge in [-0.3, -0.25) is 0 Å². The molecular formula is C31H32F3N2+. The Morgan fingerprint density at radius 2 is 1.25 bits per heavy atom. The fraction of sp³-hybridized carbons (Fsp3) is 0.258. The second kappa shape index (κ2) is 10.7. The number of aromatic nitrogens is 1. The average Bonchev–Trinajstić information content (AvgIpc) is 2.87. The van der Waals surface area contributed by atoms with Gasteiger partial charge >= 0.3 is 6.18 Å². The number of benzene rings is 3. The van der Waals surface area contributed by atoms with E-state index in [9.17, 15) is 13.2 Å². The van der Waals surface area contributed by atoms with Crippen molar-refractivity contribution in [2.45, 2.75) is 51.7 Å². The number of alkyl halides is 3. The molecule has 1 aromatic heterocycles. The summed E-state index contributed by atoms with van der Waals surface area (Å²) in [6.45, 7) is 8.82. The summed E-state index contributed by atoms with van der Waals surface area (Å²) in [5.41, 5.74) is 6.43. The zero-order chi connectivity index (χ0) is 25.9. The van der Waals surface area contributed by atoms with Gasteiger partial charge in [0.05, 0.1) is 11.3 Å². The lowest BCUT2D eigenvalue weighted by molar-refractivity contribution is -0.609. The van der Waals surface area contributed by atoms with Crippen molar-refractivity contribution in [2.24, 2.45) is 0 Å². The Morgan fingerprint density at radius 3 is 1.81 bits per heavy atom. The van der Waals surface area contributed by atoms with Gasteiger partial charge < -0.3 is 5.32 Å². The molecule has 0 saturated carbocycles. The number of para-hydroxylation sites is 1. The van der Waals surface area contributed by atoms with Crippen LogP contribution < -0.4 is 5.32 Å². The lowest BCUT2D eigenvalue weighted by atomic mass is 9.91. The number of rotatable bonds is 7. The first-order valence-electron chi connectivity index (χ1n) is 12.3. The van der Waals surface area contributed by atoms with Crippen molar-refractivity contribution in [1.29, 1.82) is 0 Å². The number of nitrogens with zero attached hydrogens (tertiary/aromatic N) is 1. The van der Waals surface area contributed by atoms with Crippen molar-refractivity contribution in [3.63, 3.8) is 0 Å². The molecule has 0 bridgehead atoms. The molecule has 36 heavy (non-hydrogen) atoms. The van der Waals surface area contributed by atoms with Crippen LogP contribution in [0.2, 0.25) is 0 Å². The molecule has 1 heterocycles. The lowest BCUT2D eigenvalue weighted by Crippen LogP contribution is -2.80. The van der Waals surface area contributed by atoms with Crippen LogP contribution in [0, 0.1) is 0 Å². The largest absolute Gasteiger partial charge is 0.416 e. The molecule has 0 saturated heterocycles. The van der Waals surface area contributed by atoms with Crippen molar-refractivity contribution in [1.82, 2.24) is 4.98 Å². The van der Waals surface area contributed by atoms with Crippen molar-refractivity contribution < 1.29 is 18.5 Å². The molecule has 186 valence electrons. The predicted molar refractivity (Wildman–Crippen MR) is 139 cm³/mol. The third-order valence-electron chi connectivity index (χ3n) is 6.51. The average molecular weight is 490 g/mol. The van der Waals surface area contributed by atoms with Crippen molar-refractivity contribution >= 4 is 5.69 Å².